The van der Waals surface area contributed by atoms with Gasteiger partial charge in [-0.3, -0.25) is 20.1 Å². The van der Waals surface area contributed by atoms with E-state index in [9.17, 15) is 4.79 Å². The number of carbonyl (C=O) groups is 1. The summed E-state index contributed by atoms with van der Waals surface area (Å²) in [4.78, 5) is 18.9. The second kappa shape index (κ2) is 7.10. The maximum Gasteiger partial charge on any atom is 0.243 e. The third kappa shape index (κ3) is 3.62. The fourth-order valence-electron chi connectivity index (χ4n) is 2.60. The molecule has 1 fully saturated rings. The van der Waals surface area contributed by atoms with Crippen LogP contribution in [0.4, 0.5) is 5.88 Å². The molecule has 0 saturated carbocycles. The number of aromatic amines is 1. The van der Waals surface area contributed by atoms with Crippen LogP contribution in [0.15, 0.2) is 10.6 Å². The normalized spacial score (nSPS) is 20.0. The minimum atomic E-state index is -0.327. The largest absolute Gasteiger partial charge is 0.367 e. The molecule has 2 atom stereocenters. The number of anilines is 1. The van der Waals surface area contributed by atoms with E-state index in [1.54, 1.807) is 13.0 Å². The molecule has 3 rings (SSSR count). The predicted molar refractivity (Wildman–Crippen MR) is 85.4 cm³/mol. The van der Waals surface area contributed by atoms with E-state index in [1.807, 2.05) is 13.8 Å². The molecule has 3 heterocycles. The Bertz CT molecular complexity index is 697. The zero-order valence-corrected chi connectivity index (χ0v) is 14.1. The summed E-state index contributed by atoms with van der Waals surface area (Å²) in [6, 6.07) is 1.36. The lowest BCUT2D eigenvalue weighted by Gasteiger charge is -2.34. The third-order valence-electron chi connectivity index (χ3n) is 4.07. The molecule has 1 saturated heterocycles. The van der Waals surface area contributed by atoms with Crippen molar-refractivity contribution in [2.75, 3.05) is 25.0 Å². The van der Waals surface area contributed by atoms with Gasteiger partial charge >= 0.3 is 0 Å². The average molecular weight is 334 g/mol. The summed E-state index contributed by atoms with van der Waals surface area (Å²) in [5.41, 5.74) is 0.723. The number of amides is 1. The third-order valence-corrected chi connectivity index (χ3v) is 4.07. The number of ether oxygens (including phenoxy) is 1. The number of hydrogen-bond acceptors (Lipinski definition) is 7. The summed E-state index contributed by atoms with van der Waals surface area (Å²) in [5, 5.41) is 13.6. The summed E-state index contributed by atoms with van der Waals surface area (Å²) >= 11 is 0. The van der Waals surface area contributed by atoms with Crippen molar-refractivity contribution in [2.45, 2.75) is 39.3 Å². The number of hydrogen-bond donors (Lipinski definition) is 2. The molecule has 0 unspecified atom stereocenters. The highest BCUT2D eigenvalue weighted by atomic mass is 16.5. The van der Waals surface area contributed by atoms with E-state index in [1.165, 1.54) is 0 Å². The van der Waals surface area contributed by atoms with Crippen molar-refractivity contribution >= 4 is 11.8 Å². The first-order valence-electron chi connectivity index (χ1n) is 8.07. The Morgan fingerprint density at radius 3 is 3.08 bits per heavy atom. The molecular weight excluding hydrogens is 312 g/mol. The molecule has 130 valence electrons. The Morgan fingerprint density at radius 1 is 1.58 bits per heavy atom. The van der Waals surface area contributed by atoms with Gasteiger partial charge in [-0.1, -0.05) is 12.1 Å². The molecule has 1 amide bonds. The second-order valence-corrected chi connectivity index (χ2v) is 5.85. The van der Waals surface area contributed by atoms with Gasteiger partial charge in [0.15, 0.2) is 5.82 Å². The van der Waals surface area contributed by atoms with E-state index in [-0.39, 0.29) is 18.1 Å². The fraction of sp³-hybridized carbons (Fsp3) is 0.600. The van der Waals surface area contributed by atoms with Gasteiger partial charge in [-0.05, 0) is 13.8 Å². The lowest BCUT2D eigenvalue weighted by Crippen LogP contribution is -2.48. The monoisotopic (exact) mass is 334 g/mol. The predicted octanol–water partition coefficient (Wildman–Crippen LogP) is 1.06. The zero-order chi connectivity index (χ0) is 17.1. The number of aryl methyl sites for hydroxylation is 2. The van der Waals surface area contributed by atoms with Gasteiger partial charge in [-0.25, -0.2) is 4.98 Å². The van der Waals surface area contributed by atoms with Gasteiger partial charge in [0.05, 0.1) is 18.3 Å². The van der Waals surface area contributed by atoms with E-state index in [2.05, 4.69) is 30.6 Å². The van der Waals surface area contributed by atoms with Gasteiger partial charge in [0.25, 0.3) is 0 Å². The van der Waals surface area contributed by atoms with Crippen LogP contribution < -0.4 is 5.32 Å². The summed E-state index contributed by atoms with van der Waals surface area (Å²) < 4.78 is 10.8. The van der Waals surface area contributed by atoms with Gasteiger partial charge < -0.3 is 9.26 Å². The summed E-state index contributed by atoms with van der Waals surface area (Å²) in [7, 11) is 0. The van der Waals surface area contributed by atoms with Crippen molar-refractivity contribution in [3.8, 4) is 0 Å². The maximum absolute atomic E-state index is 12.4. The topological polar surface area (TPSA) is 109 Å². The number of carbonyl (C=O) groups excluding carboxylic acids is 1. The highest BCUT2D eigenvalue weighted by molar-refractivity contribution is 5.93. The summed E-state index contributed by atoms with van der Waals surface area (Å²) in [6.45, 7) is 7.43. The zero-order valence-electron chi connectivity index (χ0n) is 14.1. The number of nitrogens with one attached hydrogen (secondary N) is 2. The molecule has 9 nitrogen and oxygen atoms in total. The molecule has 2 aromatic heterocycles. The molecule has 1 aliphatic heterocycles. The van der Waals surface area contributed by atoms with Crippen LogP contribution in [0, 0.1) is 6.92 Å². The minimum absolute atomic E-state index is 0.143. The molecule has 24 heavy (non-hydrogen) atoms. The van der Waals surface area contributed by atoms with Crippen LogP contribution in [0.1, 0.15) is 37.3 Å². The smallest absolute Gasteiger partial charge is 0.243 e. The number of H-pyrrole nitrogens is 1. The number of aromatic nitrogens is 4. The molecule has 0 bridgehead atoms. The molecule has 0 aromatic carbocycles. The molecule has 9 heteroatoms. The SMILES string of the molecule is CCc1nc([C@@H]2CN([C@@H](C)C(=O)Nc3cc(C)no3)CCO2)n[nH]1. The first kappa shape index (κ1) is 16.6. The van der Waals surface area contributed by atoms with Gasteiger partial charge in [0.1, 0.15) is 11.9 Å². The van der Waals surface area contributed by atoms with E-state index in [4.69, 9.17) is 9.26 Å². The van der Waals surface area contributed by atoms with Crippen LogP contribution in [-0.4, -0.2) is 56.9 Å². The van der Waals surface area contributed by atoms with Gasteiger partial charge in [0, 0.05) is 25.6 Å². The Kier molecular flexibility index (Phi) is 4.91. The first-order chi connectivity index (χ1) is 11.6. The molecular formula is C15H22N6O3. The van der Waals surface area contributed by atoms with Crippen LogP contribution in [0.3, 0.4) is 0 Å². The van der Waals surface area contributed by atoms with Gasteiger partial charge in [0.2, 0.25) is 11.8 Å². The lowest BCUT2D eigenvalue weighted by atomic mass is 10.2. The summed E-state index contributed by atoms with van der Waals surface area (Å²) in [5.74, 6) is 1.68. The quantitative estimate of drug-likeness (QED) is 0.841. The van der Waals surface area contributed by atoms with Gasteiger partial charge in [-0.2, -0.15) is 5.10 Å². The van der Waals surface area contributed by atoms with Crippen LogP contribution in [0.25, 0.3) is 0 Å². The van der Waals surface area contributed by atoms with Crippen LogP contribution >= 0.6 is 0 Å². The van der Waals surface area contributed by atoms with Crippen LogP contribution in [0.5, 0.6) is 0 Å². The number of nitrogens with zero attached hydrogens (tertiary/aromatic N) is 4. The Hall–Kier alpha value is -2.26. The van der Waals surface area contributed by atoms with Crippen molar-refractivity contribution in [2.24, 2.45) is 0 Å². The van der Waals surface area contributed by atoms with Crippen LogP contribution in [-0.2, 0) is 16.0 Å². The number of morpholine rings is 1. The molecule has 0 radical (unpaired) electrons. The molecule has 0 spiro atoms. The minimum Gasteiger partial charge on any atom is -0.367 e. The van der Waals surface area contributed by atoms with Crippen molar-refractivity contribution in [3.63, 3.8) is 0 Å². The van der Waals surface area contributed by atoms with E-state index < -0.39 is 0 Å². The average Bonchev–Trinajstić information content (AvgIpc) is 3.23. The first-order valence-corrected chi connectivity index (χ1v) is 8.07. The Labute approximate surface area is 139 Å². The fourth-order valence-corrected chi connectivity index (χ4v) is 2.60. The highest BCUT2D eigenvalue weighted by Crippen LogP contribution is 2.21. The van der Waals surface area contributed by atoms with Crippen molar-refractivity contribution in [1.29, 1.82) is 0 Å². The van der Waals surface area contributed by atoms with Crippen molar-refractivity contribution in [3.05, 3.63) is 23.4 Å². The molecule has 2 aromatic rings. The van der Waals surface area contributed by atoms with Crippen molar-refractivity contribution < 1.29 is 14.1 Å². The molecule has 0 aliphatic carbocycles. The summed E-state index contributed by atoms with van der Waals surface area (Å²) in [6.07, 6.45) is 0.553. The van der Waals surface area contributed by atoms with E-state index >= 15 is 0 Å². The number of rotatable bonds is 5. The van der Waals surface area contributed by atoms with Crippen LogP contribution in [0.2, 0.25) is 0 Å². The highest BCUT2D eigenvalue weighted by Gasteiger charge is 2.31. The Balaban J connectivity index is 1.61. The lowest BCUT2D eigenvalue weighted by molar-refractivity contribution is -0.124. The standard InChI is InChI=1S/C15H22N6O3/c1-4-12-16-14(19-18-12)11-8-21(5-6-23-11)10(3)15(22)17-13-7-9(2)20-24-13/h7,10-11H,4-6,8H2,1-3H3,(H,17,22)(H,16,18,19)/t10-,11-/m0/s1. The van der Waals surface area contributed by atoms with Crippen molar-refractivity contribution in [1.82, 2.24) is 25.2 Å². The Morgan fingerprint density at radius 2 is 2.42 bits per heavy atom. The van der Waals surface area contributed by atoms with Gasteiger partial charge in [-0.15, -0.1) is 0 Å². The molecule has 2 N–H and O–H groups in total. The second-order valence-electron chi connectivity index (χ2n) is 5.85. The maximum atomic E-state index is 12.4. The van der Waals surface area contributed by atoms with E-state index in [0.29, 0.717) is 31.4 Å². The van der Waals surface area contributed by atoms with E-state index in [0.717, 1.165) is 17.9 Å². The molecule has 1 aliphatic rings.